The molecule has 0 unspecified atom stereocenters. The molecule has 1 aromatic rings. The van der Waals surface area contributed by atoms with E-state index in [1.807, 2.05) is 30.3 Å². The summed E-state index contributed by atoms with van der Waals surface area (Å²) in [5, 5.41) is 0. The Balaban J connectivity index is 2.58. The molecule has 16 heavy (non-hydrogen) atoms. The van der Waals surface area contributed by atoms with Gasteiger partial charge in [0.1, 0.15) is 0 Å². The van der Waals surface area contributed by atoms with E-state index >= 15 is 0 Å². The number of esters is 1. The predicted octanol–water partition coefficient (Wildman–Crippen LogP) is 2.22. The fraction of sp³-hybridized carbons (Fsp3) is 0.231. The molecule has 3 heteroatoms. The Labute approximate surface area is 94.7 Å². The molecule has 3 nitrogen and oxygen atoms in total. The van der Waals surface area contributed by atoms with E-state index in [4.69, 9.17) is 4.74 Å². The zero-order valence-corrected chi connectivity index (χ0v) is 9.34. The van der Waals surface area contributed by atoms with Gasteiger partial charge in [0, 0.05) is 0 Å². The number of carbonyl (C=O) groups is 2. The number of hydrogen-bond acceptors (Lipinski definition) is 3. The molecule has 0 heterocycles. The first-order chi connectivity index (χ1) is 7.59. The quantitative estimate of drug-likeness (QED) is 0.442. The number of carbonyl (C=O) groups excluding carboxylic acids is 2. The number of hydrogen-bond donors (Lipinski definition) is 0. The third-order valence-electron chi connectivity index (χ3n) is 1.77. The fourth-order valence-electron chi connectivity index (χ4n) is 1.08. The highest BCUT2D eigenvalue weighted by molar-refractivity contribution is 6.39. The Morgan fingerprint density at radius 3 is 2.38 bits per heavy atom. The monoisotopic (exact) mass is 218 g/mol. The van der Waals surface area contributed by atoms with E-state index in [1.165, 1.54) is 6.08 Å². The Kier molecular flexibility index (Phi) is 4.45. The molecular formula is C13H14O3. The molecule has 0 amide bonds. The SMILES string of the molecule is CC(C)OC(=O)C(=O)/C=C/c1ccccc1. The van der Waals surface area contributed by atoms with E-state index in [2.05, 4.69) is 0 Å². The van der Waals surface area contributed by atoms with Crippen molar-refractivity contribution in [1.29, 1.82) is 0 Å². The van der Waals surface area contributed by atoms with Crippen LogP contribution in [-0.4, -0.2) is 17.9 Å². The van der Waals surface area contributed by atoms with Crippen LogP contribution in [0.2, 0.25) is 0 Å². The van der Waals surface area contributed by atoms with Crippen molar-refractivity contribution < 1.29 is 14.3 Å². The van der Waals surface area contributed by atoms with Crippen LogP contribution in [-0.2, 0) is 14.3 Å². The minimum Gasteiger partial charge on any atom is -0.457 e. The van der Waals surface area contributed by atoms with Crippen LogP contribution < -0.4 is 0 Å². The average molecular weight is 218 g/mol. The second kappa shape index (κ2) is 5.85. The third-order valence-corrected chi connectivity index (χ3v) is 1.77. The maximum absolute atomic E-state index is 11.3. The summed E-state index contributed by atoms with van der Waals surface area (Å²) >= 11 is 0. The zero-order valence-electron chi connectivity index (χ0n) is 9.34. The molecule has 0 spiro atoms. The molecule has 0 N–H and O–H groups in total. The normalized spacial score (nSPS) is 10.7. The average Bonchev–Trinajstić information content (AvgIpc) is 2.26. The maximum Gasteiger partial charge on any atom is 0.379 e. The van der Waals surface area contributed by atoms with Crippen LogP contribution >= 0.6 is 0 Å². The van der Waals surface area contributed by atoms with Crippen molar-refractivity contribution in [2.24, 2.45) is 0 Å². The number of rotatable bonds is 4. The molecule has 0 aliphatic rings. The van der Waals surface area contributed by atoms with E-state index in [0.717, 1.165) is 5.56 Å². The van der Waals surface area contributed by atoms with Crippen molar-refractivity contribution in [3.63, 3.8) is 0 Å². The summed E-state index contributed by atoms with van der Waals surface area (Å²) in [5.74, 6) is -1.46. The van der Waals surface area contributed by atoms with Crippen molar-refractivity contribution in [3.05, 3.63) is 42.0 Å². The smallest absolute Gasteiger partial charge is 0.379 e. The number of ether oxygens (including phenoxy) is 1. The molecular weight excluding hydrogens is 204 g/mol. The van der Waals surface area contributed by atoms with Gasteiger partial charge in [-0.3, -0.25) is 4.79 Å². The lowest BCUT2D eigenvalue weighted by molar-refractivity contribution is -0.154. The van der Waals surface area contributed by atoms with Crippen molar-refractivity contribution in [2.75, 3.05) is 0 Å². The topological polar surface area (TPSA) is 43.4 Å². The highest BCUT2D eigenvalue weighted by Gasteiger charge is 2.12. The Hall–Kier alpha value is -1.90. The van der Waals surface area contributed by atoms with Gasteiger partial charge in [-0.1, -0.05) is 36.4 Å². The summed E-state index contributed by atoms with van der Waals surface area (Å²) in [4.78, 5) is 22.4. The van der Waals surface area contributed by atoms with Gasteiger partial charge in [-0.05, 0) is 25.5 Å². The fourth-order valence-corrected chi connectivity index (χ4v) is 1.08. The van der Waals surface area contributed by atoms with Gasteiger partial charge < -0.3 is 4.74 Å². The van der Waals surface area contributed by atoms with E-state index in [1.54, 1.807) is 19.9 Å². The van der Waals surface area contributed by atoms with Crippen molar-refractivity contribution in [3.8, 4) is 0 Å². The Bertz CT molecular complexity index is 391. The minimum atomic E-state index is -0.817. The van der Waals surface area contributed by atoms with Gasteiger partial charge in [-0.15, -0.1) is 0 Å². The summed E-state index contributed by atoms with van der Waals surface area (Å²) in [6.45, 7) is 3.40. The standard InChI is InChI=1S/C13H14O3/c1-10(2)16-13(15)12(14)9-8-11-6-4-3-5-7-11/h3-10H,1-2H3/b9-8+. The largest absolute Gasteiger partial charge is 0.457 e. The molecule has 0 aliphatic heterocycles. The second-order valence-corrected chi connectivity index (χ2v) is 3.56. The van der Waals surface area contributed by atoms with Gasteiger partial charge in [0.05, 0.1) is 6.10 Å². The van der Waals surface area contributed by atoms with Crippen LogP contribution in [0.15, 0.2) is 36.4 Å². The molecule has 0 aromatic heterocycles. The molecule has 1 aromatic carbocycles. The molecule has 0 saturated heterocycles. The molecule has 84 valence electrons. The zero-order chi connectivity index (χ0) is 12.0. The first-order valence-electron chi connectivity index (χ1n) is 5.07. The Morgan fingerprint density at radius 2 is 1.81 bits per heavy atom. The summed E-state index contributed by atoms with van der Waals surface area (Å²) in [6, 6.07) is 9.29. The van der Waals surface area contributed by atoms with Crippen LogP contribution in [0.25, 0.3) is 6.08 Å². The lowest BCUT2D eigenvalue weighted by Crippen LogP contribution is -2.19. The maximum atomic E-state index is 11.3. The van der Waals surface area contributed by atoms with Gasteiger partial charge in [-0.2, -0.15) is 0 Å². The molecule has 0 atom stereocenters. The lowest BCUT2D eigenvalue weighted by Gasteiger charge is -2.04. The summed E-state index contributed by atoms with van der Waals surface area (Å²) in [5.41, 5.74) is 0.869. The lowest BCUT2D eigenvalue weighted by atomic mass is 10.2. The molecule has 0 aliphatic carbocycles. The van der Waals surface area contributed by atoms with E-state index in [-0.39, 0.29) is 6.10 Å². The minimum absolute atomic E-state index is 0.276. The van der Waals surface area contributed by atoms with Crippen molar-refractivity contribution in [1.82, 2.24) is 0 Å². The van der Waals surface area contributed by atoms with Gasteiger partial charge >= 0.3 is 5.97 Å². The highest BCUT2D eigenvalue weighted by atomic mass is 16.5. The molecule has 0 saturated carbocycles. The summed E-state index contributed by atoms with van der Waals surface area (Å²) in [6.07, 6.45) is 2.53. The molecule has 0 radical (unpaired) electrons. The van der Waals surface area contributed by atoms with E-state index in [0.29, 0.717) is 0 Å². The molecule has 1 rings (SSSR count). The van der Waals surface area contributed by atoms with Gasteiger partial charge in [0.25, 0.3) is 5.78 Å². The van der Waals surface area contributed by atoms with Gasteiger partial charge in [0.15, 0.2) is 0 Å². The highest BCUT2D eigenvalue weighted by Crippen LogP contribution is 2.01. The van der Waals surface area contributed by atoms with Gasteiger partial charge in [-0.25, -0.2) is 4.79 Å². The van der Waals surface area contributed by atoms with Crippen molar-refractivity contribution >= 4 is 17.8 Å². The Morgan fingerprint density at radius 1 is 1.19 bits per heavy atom. The van der Waals surface area contributed by atoms with Crippen LogP contribution in [0.4, 0.5) is 0 Å². The van der Waals surface area contributed by atoms with Gasteiger partial charge in [0.2, 0.25) is 0 Å². The van der Waals surface area contributed by atoms with Crippen molar-refractivity contribution in [2.45, 2.75) is 20.0 Å². The van der Waals surface area contributed by atoms with E-state index < -0.39 is 11.8 Å². The number of benzene rings is 1. The first-order valence-corrected chi connectivity index (χ1v) is 5.07. The van der Waals surface area contributed by atoms with E-state index in [9.17, 15) is 9.59 Å². The third kappa shape index (κ3) is 4.09. The molecule has 0 fully saturated rings. The van der Waals surface area contributed by atoms with Crippen LogP contribution in [0.1, 0.15) is 19.4 Å². The van der Waals surface area contributed by atoms with Crippen LogP contribution in [0.5, 0.6) is 0 Å². The molecule has 0 bridgehead atoms. The van der Waals surface area contributed by atoms with Crippen LogP contribution in [0.3, 0.4) is 0 Å². The summed E-state index contributed by atoms with van der Waals surface area (Å²) in [7, 11) is 0. The second-order valence-electron chi connectivity index (χ2n) is 3.56. The first kappa shape index (κ1) is 12.2. The predicted molar refractivity (Wildman–Crippen MR) is 61.7 cm³/mol. The number of ketones is 1. The van der Waals surface area contributed by atoms with Crippen LogP contribution in [0, 0.1) is 0 Å². The summed E-state index contributed by atoms with van der Waals surface area (Å²) < 4.78 is 4.76.